The van der Waals surface area contributed by atoms with E-state index >= 15 is 0 Å². The van der Waals surface area contributed by atoms with Crippen LogP contribution in [-0.2, 0) is 6.54 Å². The van der Waals surface area contributed by atoms with Crippen molar-refractivity contribution in [3.05, 3.63) is 65.7 Å². The molecular weight excluding hydrogens is 262 g/mol. The van der Waals surface area contributed by atoms with Gasteiger partial charge in [-0.15, -0.1) is 0 Å². The van der Waals surface area contributed by atoms with Gasteiger partial charge in [-0.05, 0) is 37.1 Å². The Kier molecular flexibility index (Phi) is 5.78. The molecule has 0 radical (unpaired) electrons. The Morgan fingerprint density at radius 1 is 1.00 bits per heavy atom. The lowest BCUT2D eigenvalue weighted by Crippen LogP contribution is -2.21. The summed E-state index contributed by atoms with van der Waals surface area (Å²) in [6, 6.07) is 17.7. The van der Waals surface area contributed by atoms with Gasteiger partial charge >= 0.3 is 0 Å². The van der Waals surface area contributed by atoms with Gasteiger partial charge in [-0.3, -0.25) is 0 Å². The average Bonchev–Trinajstić information content (AvgIpc) is 2.49. The van der Waals surface area contributed by atoms with Crippen molar-refractivity contribution in [2.24, 2.45) is 0 Å². The molecule has 0 aliphatic carbocycles. The molecule has 3 heteroatoms. The van der Waals surface area contributed by atoms with Crippen molar-refractivity contribution < 1.29 is 9.84 Å². The zero-order valence-electron chi connectivity index (χ0n) is 12.6. The molecule has 0 saturated heterocycles. The minimum absolute atomic E-state index is 0.190. The molecule has 2 N–H and O–H groups in total. The molecule has 2 aromatic rings. The van der Waals surface area contributed by atoms with Crippen LogP contribution in [0.4, 0.5) is 0 Å². The van der Waals surface area contributed by atoms with Crippen LogP contribution in [0, 0.1) is 0 Å². The number of hydrogen-bond acceptors (Lipinski definition) is 3. The van der Waals surface area contributed by atoms with Crippen LogP contribution in [0.3, 0.4) is 0 Å². The first-order valence-electron chi connectivity index (χ1n) is 7.34. The van der Waals surface area contributed by atoms with Crippen molar-refractivity contribution in [3.63, 3.8) is 0 Å². The molecule has 0 saturated carbocycles. The van der Waals surface area contributed by atoms with Crippen LogP contribution < -0.4 is 10.1 Å². The van der Waals surface area contributed by atoms with E-state index in [1.807, 2.05) is 68.4 Å². The number of aliphatic hydroxyl groups excluding tert-OH is 1. The summed E-state index contributed by atoms with van der Waals surface area (Å²) in [5.41, 5.74) is 2.11. The summed E-state index contributed by atoms with van der Waals surface area (Å²) in [4.78, 5) is 0. The van der Waals surface area contributed by atoms with Gasteiger partial charge in [0.15, 0.2) is 0 Å². The summed E-state index contributed by atoms with van der Waals surface area (Å²) in [6.07, 6.45) is -0.287. The van der Waals surface area contributed by atoms with E-state index < -0.39 is 6.10 Å². The number of nitrogens with one attached hydrogen (secondary N) is 1. The Bertz CT molecular complexity index is 523. The highest BCUT2D eigenvalue weighted by Gasteiger charge is 2.06. The summed E-state index contributed by atoms with van der Waals surface area (Å²) >= 11 is 0. The predicted molar refractivity (Wildman–Crippen MR) is 85.3 cm³/mol. The van der Waals surface area contributed by atoms with Crippen molar-refractivity contribution in [2.45, 2.75) is 32.6 Å². The fraction of sp³-hybridized carbons (Fsp3) is 0.333. The zero-order chi connectivity index (χ0) is 15.1. The van der Waals surface area contributed by atoms with Gasteiger partial charge in [0.25, 0.3) is 0 Å². The highest BCUT2D eigenvalue weighted by molar-refractivity contribution is 5.27. The quantitative estimate of drug-likeness (QED) is 0.820. The molecule has 0 aliphatic rings. The molecule has 0 amide bonds. The van der Waals surface area contributed by atoms with Crippen LogP contribution in [0.25, 0.3) is 0 Å². The second-order valence-electron chi connectivity index (χ2n) is 5.37. The Balaban J connectivity index is 1.78. The van der Waals surface area contributed by atoms with Gasteiger partial charge in [-0.1, -0.05) is 42.5 Å². The van der Waals surface area contributed by atoms with Gasteiger partial charge in [0.05, 0.1) is 12.2 Å². The molecule has 0 fully saturated rings. The highest BCUT2D eigenvalue weighted by atomic mass is 16.5. The molecular formula is C18H23NO2. The van der Waals surface area contributed by atoms with E-state index in [9.17, 15) is 5.11 Å². The van der Waals surface area contributed by atoms with Crippen LogP contribution in [0.2, 0.25) is 0 Å². The Labute approximate surface area is 126 Å². The second-order valence-corrected chi connectivity index (χ2v) is 5.37. The van der Waals surface area contributed by atoms with E-state index in [1.165, 1.54) is 5.56 Å². The molecule has 3 nitrogen and oxygen atoms in total. The van der Waals surface area contributed by atoms with Crippen LogP contribution >= 0.6 is 0 Å². The van der Waals surface area contributed by atoms with E-state index in [1.54, 1.807) is 0 Å². The Hall–Kier alpha value is -1.84. The lowest BCUT2D eigenvalue weighted by molar-refractivity contribution is 0.174. The van der Waals surface area contributed by atoms with E-state index in [0.29, 0.717) is 6.54 Å². The Morgan fingerprint density at radius 2 is 1.67 bits per heavy atom. The van der Waals surface area contributed by atoms with Crippen LogP contribution in [0.1, 0.15) is 31.1 Å². The van der Waals surface area contributed by atoms with Gasteiger partial charge in [0.2, 0.25) is 0 Å². The molecule has 21 heavy (non-hydrogen) atoms. The summed E-state index contributed by atoms with van der Waals surface area (Å²) in [5.74, 6) is 0.887. The van der Waals surface area contributed by atoms with Crippen molar-refractivity contribution in [1.29, 1.82) is 0 Å². The maximum atomic E-state index is 10.1. The molecule has 1 atom stereocenters. The lowest BCUT2D eigenvalue weighted by atomic mass is 10.1. The molecule has 112 valence electrons. The van der Waals surface area contributed by atoms with Crippen molar-refractivity contribution in [1.82, 2.24) is 5.32 Å². The van der Waals surface area contributed by atoms with Crippen molar-refractivity contribution >= 4 is 0 Å². The predicted octanol–water partition coefficient (Wildman–Crippen LogP) is 3.30. The maximum Gasteiger partial charge on any atom is 0.119 e. The van der Waals surface area contributed by atoms with E-state index in [-0.39, 0.29) is 6.10 Å². The Morgan fingerprint density at radius 3 is 2.29 bits per heavy atom. The number of rotatable bonds is 7. The normalized spacial score (nSPS) is 12.4. The van der Waals surface area contributed by atoms with Gasteiger partial charge in [0.1, 0.15) is 5.75 Å². The van der Waals surface area contributed by atoms with Crippen LogP contribution in [0.15, 0.2) is 54.6 Å². The fourth-order valence-electron chi connectivity index (χ4n) is 2.10. The van der Waals surface area contributed by atoms with Crippen molar-refractivity contribution in [3.8, 4) is 5.75 Å². The summed E-state index contributed by atoms with van der Waals surface area (Å²) in [6.45, 7) is 5.29. The molecule has 0 aliphatic heterocycles. The van der Waals surface area contributed by atoms with E-state index in [0.717, 1.165) is 17.9 Å². The van der Waals surface area contributed by atoms with Crippen molar-refractivity contribution in [2.75, 3.05) is 6.54 Å². The molecule has 0 aromatic heterocycles. The first-order valence-corrected chi connectivity index (χ1v) is 7.34. The van der Waals surface area contributed by atoms with E-state index in [2.05, 4.69) is 5.32 Å². The number of hydrogen-bond donors (Lipinski definition) is 2. The SMILES string of the molecule is CC(C)Oc1ccc(CNC[C@@H](O)c2ccccc2)cc1. The van der Waals surface area contributed by atoms with Gasteiger partial charge in [-0.2, -0.15) is 0 Å². The number of ether oxygens (including phenoxy) is 1. The van der Waals surface area contributed by atoms with Gasteiger partial charge in [0, 0.05) is 13.1 Å². The minimum Gasteiger partial charge on any atom is -0.491 e. The summed E-state index contributed by atoms with van der Waals surface area (Å²) in [5, 5.41) is 13.3. The third-order valence-corrected chi connectivity index (χ3v) is 3.15. The highest BCUT2D eigenvalue weighted by Crippen LogP contribution is 2.14. The topological polar surface area (TPSA) is 41.5 Å². The summed E-state index contributed by atoms with van der Waals surface area (Å²) in [7, 11) is 0. The lowest BCUT2D eigenvalue weighted by Gasteiger charge is -2.13. The number of benzene rings is 2. The van der Waals surface area contributed by atoms with Crippen LogP contribution in [-0.4, -0.2) is 17.8 Å². The zero-order valence-corrected chi connectivity index (χ0v) is 12.6. The standard InChI is InChI=1S/C18H23NO2/c1-14(2)21-17-10-8-15(9-11-17)12-19-13-18(20)16-6-4-3-5-7-16/h3-11,14,18-20H,12-13H2,1-2H3/t18-/m1/s1. The monoisotopic (exact) mass is 285 g/mol. The fourth-order valence-corrected chi connectivity index (χ4v) is 2.10. The largest absolute Gasteiger partial charge is 0.491 e. The van der Waals surface area contributed by atoms with Gasteiger partial charge in [-0.25, -0.2) is 0 Å². The molecule has 0 unspecified atom stereocenters. The molecule has 2 aromatic carbocycles. The van der Waals surface area contributed by atoms with Crippen LogP contribution in [0.5, 0.6) is 5.75 Å². The first-order chi connectivity index (χ1) is 10.1. The second kappa shape index (κ2) is 7.81. The number of aliphatic hydroxyl groups is 1. The first kappa shape index (κ1) is 15.5. The molecule has 0 spiro atoms. The van der Waals surface area contributed by atoms with Gasteiger partial charge < -0.3 is 15.2 Å². The smallest absolute Gasteiger partial charge is 0.119 e. The van der Waals surface area contributed by atoms with E-state index in [4.69, 9.17) is 4.74 Å². The summed E-state index contributed by atoms with van der Waals surface area (Å²) < 4.78 is 5.61. The third kappa shape index (κ3) is 5.21. The molecule has 0 heterocycles. The maximum absolute atomic E-state index is 10.1. The third-order valence-electron chi connectivity index (χ3n) is 3.15. The average molecular weight is 285 g/mol. The molecule has 0 bridgehead atoms. The minimum atomic E-state index is -0.477. The molecule has 2 rings (SSSR count).